The number of anilines is 2. The highest BCUT2D eigenvalue weighted by molar-refractivity contribution is 8.00. The van der Waals surface area contributed by atoms with Gasteiger partial charge in [0.2, 0.25) is 0 Å². The number of nitrogens with zero attached hydrogens (tertiary/aromatic N) is 3. The standard InChI is InChI=1S/C29H28F4N4O2S/c1-29(33)17-36(18-29)16-20-4-3-5-24(30)23(20)14-34-21-12-25(31)28(26(32)13-21)40-37(27-10-11-39-35-27)15-19-6-8-22(38-2)9-7-19/h3-13,34H,14-18H2,1-2H3. The molecule has 2 heterocycles. The summed E-state index contributed by atoms with van der Waals surface area (Å²) in [5.74, 6) is -0.928. The Morgan fingerprint density at radius 2 is 1.77 bits per heavy atom. The largest absolute Gasteiger partial charge is 0.497 e. The van der Waals surface area contributed by atoms with Crippen LogP contribution in [0.3, 0.4) is 0 Å². The molecule has 0 bridgehead atoms. The van der Waals surface area contributed by atoms with E-state index in [1.807, 2.05) is 17.0 Å². The summed E-state index contributed by atoms with van der Waals surface area (Å²) in [6.07, 6.45) is 1.38. The summed E-state index contributed by atoms with van der Waals surface area (Å²) in [5, 5.41) is 6.86. The minimum Gasteiger partial charge on any atom is -0.497 e. The van der Waals surface area contributed by atoms with Gasteiger partial charge in [-0.3, -0.25) is 9.21 Å². The average Bonchev–Trinajstić information content (AvgIpc) is 3.44. The maximum atomic E-state index is 15.2. The fraction of sp³-hybridized carbons (Fsp3) is 0.276. The number of likely N-dealkylation sites (tertiary alicyclic amines) is 1. The van der Waals surface area contributed by atoms with Gasteiger partial charge in [0.25, 0.3) is 0 Å². The van der Waals surface area contributed by atoms with E-state index >= 15 is 8.78 Å². The summed E-state index contributed by atoms with van der Waals surface area (Å²) < 4.78 is 70.8. The number of benzene rings is 3. The highest BCUT2D eigenvalue weighted by Crippen LogP contribution is 2.35. The second-order valence-electron chi connectivity index (χ2n) is 9.89. The molecule has 40 heavy (non-hydrogen) atoms. The molecular weight excluding hydrogens is 544 g/mol. The minimum absolute atomic E-state index is 0.0106. The predicted molar refractivity (Wildman–Crippen MR) is 146 cm³/mol. The van der Waals surface area contributed by atoms with Gasteiger partial charge in [-0.1, -0.05) is 29.4 Å². The van der Waals surface area contributed by atoms with Gasteiger partial charge in [-0.05, 0) is 60.3 Å². The average molecular weight is 573 g/mol. The highest BCUT2D eigenvalue weighted by Gasteiger charge is 2.38. The first kappa shape index (κ1) is 27.9. The van der Waals surface area contributed by atoms with Gasteiger partial charge in [-0.15, -0.1) is 0 Å². The predicted octanol–water partition coefficient (Wildman–Crippen LogP) is 6.97. The molecule has 4 aromatic rings. The quantitative estimate of drug-likeness (QED) is 0.154. The number of methoxy groups -OCH3 is 1. The molecule has 1 aromatic heterocycles. The van der Waals surface area contributed by atoms with E-state index in [0.29, 0.717) is 29.2 Å². The number of rotatable bonds is 11. The Hall–Kier alpha value is -3.70. The van der Waals surface area contributed by atoms with Gasteiger partial charge < -0.3 is 14.6 Å². The summed E-state index contributed by atoms with van der Waals surface area (Å²) in [6, 6.07) is 15.9. The Morgan fingerprint density at radius 3 is 2.40 bits per heavy atom. The zero-order chi connectivity index (χ0) is 28.3. The van der Waals surface area contributed by atoms with Crippen molar-refractivity contribution in [2.45, 2.75) is 37.1 Å². The molecule has 1 aliphatic rings. The third kappa shape index (κ3) is 6.53. The van der Waals surface area contributed by atoms with Gasteiger partial charge in [-0.25, -0.2) is 17.6 Å². The summed E-state index contributed by atoms with van der Waals surface area (Å²) in [7, 11) is 1.57. The summed E-state index contributed by atoms with van der Waals surface area (Å²) >= 11 is 0.854. The fourth-order valence-corrected chi connectivity index (χ4v) is 5.54. The Balaban J connectivity index is 1.30. The molecule has 0 unspecified atom stereocenters. The first-order valence-corrected chi connectivity index (χ1v) is 13.4. The lowest BCUT2D eigenvalue weighted by atomic mass is 9.97. The second-order valence-corrected chi connectivity index (χ2v) is 10.9. The third-order valence-electron chi connectivity index (χ3n) is 6.55. The van der Waals surface area contributed by atoms with Crippen molar-refractivity contribution >= 4 is 23.5 Å². The van der Waals surface area contributed by atoms with Crippen LogP contribution in [0, 0.1) is 17.5 Å². The molecule has 0 atom stereocenters. The number of hydrogen-bond acceptors (Lipinski definition) is 7. The lowest BCUT2D eigenvalue weighted by molar-refractivity contribution is -0.0227. The number of ether oxygens (including phenoxy) is 1. The summed E-state index contributed by atoms with van der Waals surface area (Å²) in [5.41, 5.74) is 0.851. The first-order valence-electron chi connectivity index (χ1n) is 12.6. The lowest BCUT2D eigenvalue weighted by Gasteiger charge is -2.42. The van der Waals surface area contributed by atoms with E-state index in [0.717, 1.165) is 17.5 Å². The van der Waals surface area contributed by atoms with Crippen LogP contribution in [-0.4, -0.2) is 35.9 Å². The maximum Gasteiger partial charge on any atom is 0.182 e. The van der Waals surface area contributed by atoms with Gasteiger partial charge in [-0.2, -0.15) is 0 Å². The fourth-order valence-electron chi connectivity index (χ4n) is 4.63. The summed E-state index contributed by atoms with van der Waals surface area (Å²) in [6.45, 7) is 2.77. The molecular formula is C29H28F4N4O2S. The molecule has 6 nitrogen and oxygen atoms in total. The van der Waals surface area contributed by atoms with E-state index in [1.165, 1.54) is 31.4 Å². The molecule has 1 N–H and O–H groups in total. The lowest BCUT2D eigenvalue weighted by Crippen LogP contribution is -2.56. The van der Waals surface area contributed by atoms with Crippen molar-refractivity contribution < 1.29 is 26.8 Å². The van der Waals surface area contributed by atoms with Crippen LogP contribution in [0.15, 0.2) is 76.3 Å². The maximum absolute atomic E-state index is 15.2. The van der Waals surface area contributed by atoms with E-state index in [-0.39, 0.29) is 36.8 Å². The zero-order valence-electron chi connectivity index (χ0n) is 22.0. The molecule has 1 aliphatic heterocycles. The Labute approximate surface area is 234 Å². The van der Waals surface area contributed by atoms with Gasteiger partial charge in [0, 0.05) is 43.5 Å². The van der Waals surface area contributed by atoms with E-state index in [4.69, 9.17) is 9.26 Å². The van der Waals surface area contributed by atoms with Gasteiger partial charge in [0.15, 0.2) is 5.82 Å². The van der Waals surface area contributed by atoms with Crippen molar-refractivity contribution in [3.8, 4) is 5.75 Å². The second kappa shape index (κ2) is 11.8. The Kier molecular flexibility index (Phi) is 8.22. The van der Waals surface area contributed by atoms with Crippen molar-refractivity contribution in [2.75, 3.05) is 29.8 Å². The smallest absolute Gasteiger partial charge is 0.182 e. The van der Waals surface area contributed by atoms with Crippen LogP contribution in [0.1, 0.15) is 23.6 Å². The van der Waals surface area contributed by atoms with E-state index in [9.17, 15) is 8.78 Å². The summed E-state index contributed by atoms with van der Waals surface area (Å²) in [4.78, 5) is 1.66. The van der Waals surface area contributed by atoms with Crippen LogP contribution in [0.4, 0.5) is 29.1 Å². The molecule has 0 saturated carbocycles. The first-order chi connectivity index (χ1) is 19.2. The molecule has 1 fully saturated rings. The number of hydrogen-bond donors (Lipinski definition) is 1. The third-order valence-corrected chi connectivity index (χ3v) is 7.66. The zero-order valence-corrected chi connectivity index (χ0v) is 22.8. The van der Waals surface area contributed by atoms with Crippen molar-refractivity contribution in [2.24, 2.45) is 0 Å². The molecule has 0 spiro atoms. The number of halogens is 4. The Morgan fingerprint density at radius 1 is 1.05 bits per heavy atom. The molecule has 0 amide bonds. The molecule has 210 valence electrons. The van der Waals surface area contributed by atoms with E-state index < -0.39 is 23.1 Å². The molecule has 0 radical (unpaired) electrons. The molecule has 5 rings (SSSR count). The van der Waals surface area contributed by atoms with E-state index in [2.05, 4.69) is 10.5 Å². The van der Waals surface area contributed by atoms with Crippen LogP contribution in [0.25, 0.3) is 0 Å². The molecule has 0 aliphatic carbocycles. The van der Waals surface area contributed by atoms with Crippen molar-refractivity contribution in [1.82, 2.24) is 10.1 Å². The molecule has 11 heteroatoms. The van der Waals surface area contributed by atoms with Crippen LogP contribution in [0.2, 0.25) is 0 Å². The van der Waals surface area contributed by atoms with E-state index in [1.54, 1.807) is 41.7 Å². The van der Waals surface area contributed by atoms with Crippen molar-refractivity contribution in [3.63, 3.8) is 0 Å². The van der Waals surface area contributed by atoms with Gasteiger partial charge in [0.05, 0.1) is 13.7 Å². The highest BCUT2D eigenvalue weighted by atomic mass is 32.2. The van der Waals surface area contributed by atoms with Gasteiger partial charge in [0.1, 0.15) is 40.0 Å². The monoisotopic (exact) mass is 572 g/mol. The topological polar surface area (TPSA) is 53.8 Å². The van der Waals surface area contributed by atoms with Crippen molar-refractivity contribution in [1.29, 1.82) is 0 Å². The SMILES string of the molecule is COc1ccc(CN(Sc2c(F)cc(NCc3c(F)cccc3CN3CC(C)(F)C3)cc2F)c2ccon2)cc1. The van der Waals surface area contributed by atoms with Crippen LogP contribution in [-0.2, 0) is 19.6 Å². The number of alkyl halides is 1. The molecule has 1 saturated heterocycles. The number of nitrogens with one attached hydrogen (secondary N) is 1. The Bertz CT molecular complexity index is 1420. The van der Waals surface area contributed by atoms with Crippen LogP contribution in [0.5, 0.6) is 5.75 Å². The molecule has 3 aromatic carbocycles. The number of aromatic nitrogens is 1. The van der Waals surface area contributed by atoms with Gasteiger partial charge >= 0.3 is 0 Å². The normalized spacial score (nSPS) is 14.6. The minimum atomic E-state index is -1.24. The van der Waals surface area contributed by atoms with Crippen molar-refractivity contribution in [3.05, 3.63) is 101 Å². The van der Waals surface area contributed by atoms with Crippen LogP contribution < -0.4 is 14.4 Å². The van der Waals surface area contributed by atoms with Crippen LogP contribution >= 0.6 is 11.9 Å².